The van der Waals surface area contributed by atoms with Crippen LogP contribution in [-0.2, 0) is 6.54 Å². The largest absolute Gasteiger partial charge is 0.383 e. The molecule has 0 fully saturated rings. The van der Waals surface area contributed by atoms with Crippen LogP contribution in [0.2, 0.25) is 0 Å². The van der Waals surface area contributed by atoms with Gasteiger partial charge in [-0.25, -0.2) is 9.97 Å². The third kappa shape index (κ3) is 2.25. The fraction of sp³-hybridized carbons (Fsp3) is 0.571. The van der Waals surface area contributed by atoms with Gasteiger partial charge in [-0.2, -0.15) is 0 Å². The van der Waals surface area contributed by atoms with E-state index < -0.39 is 0 Å². The van der Waals surface area contributed by atoms with E-state index in [2.05, 4.69) is 48.7 Å². The van der Waals surface area contributed by atoms with Crippen molar-refractivity contribution >= 4 is 5.82 Å². The van der Waals surface area contributed by atoms with E-state index in [1.807, 2.05) is 12.5 Å². The minimum absolute atomic E-state index is 0.302. The Morgan fingerprint density at radius 3 is 2.42 bits per heavy atom. The summed E-state index contributed by atoms with van der Waals surface area (Å²) in [6, 6.07) is 0.302. The molecule has 2 aromatic heterocycles. The number of nitrogen functional groups attached to an aromatic ring is 1. The van der Waals surface area contributed by atoms with Crippen LogP contribution in [-0.4, -0.2) is 19.1 Å². The Bertz CT molecular complexity index is 562. The van der Waals surface area contributed by atoms with Gasteiger partial charge in [0.2, 0.25) is 0 Å². The summed E-state index contributed by atoms with van der Waals surface area (Å²) in [5, 5.41) is 0. The van der Waals surface area contributed by atoms with Crippen LogP contribution in [0.1, 0.15) is 52.4 Å². The molecule has 5 nitrogen and oxygen atoms in total. The lowest BCUT2D eigenvalue weighted by atomic mass is 10.2. The van der Waals surface area contributed by atoms with E-state index in [0.29, 0.717) is 12.0 Å². The summed E-state index contributed by atoms with van der Waals surface area (Å²) < 4.78 is 4.18. The zero-order chi connectivity index (χ0) is 14.2. The molecule has 0 radical (unpaired) electrons. The van der Waals surface area contributed by atoms with Gasteiger partial charge in [0.1, 0.15) is 17.3 Å². The second-order valence-corrected chi connectivity index (χ2v) is 5.39. The molecule has 0 saturated heterocycles. The Morgan fingerprint density at radius 1 is 1.26 bits per heavy atom. The number of hydrogen-bond acceptors (Lipinski definition) is 3. The van der Waals surface area contributed by atoms with Crippen molar-refractivity contribution in [3.63, 3.8) is 0 Å². The fourth-order valence-corrected chi connectivity index (χ4v) is 2.37. The van der Waals surface area contributed by atoms with Gasteiger partial charge in [0, 0.05) is 18.5 Å². The third-order valence-corrected chi connectivity index (χ3v) is 3.30. The maximum Gasteiger partial charge on any atom is 0.133 e. The lowest BCUT2D eigenvalue weighted by molar-refractivity contribution is 0.556. The number of nitrogens with zero attached hydrogens (tertiary/aromatic N) is 4. The van der Waals surface area contributed by atoms with Gasteiger partial charge in [-0.1, -0.05) is 13.8 Å². The average molecular weight is 261 g/mol. The van der Waals surface area contributed by atoms with Crippen molar-refractivity contribution in [2.45, 2.75) is 53.1 Å². The monoisotopic (exact) mass is 261 g/mol. The van der Waals surface area contributed by atoms with Gasteiger partial charge in [0.15, 0.2) is 0 Å². The van der Waals surface area contributed by atoms with Gasteiger partial charge in [0.05, 0.1) is 18.2 Å². The number of rotatable bonds is 4. The molecule has 2 heterocycles. The predicted octanol–water partition coefficient (Wildman–Crippen LogP) is 3.05. The zero-order valence-corrected chi connectivity index (χ0v) is 12.4. The maximum atomic E-state index is 6.32. The van der Waals surface area contributed by atoms with E-state index in [-0.39, 0.29) is 0 Å². The topological polar surface area (TPSA) is 61.7 Å². The van der Waals surface area contributed by atoms with E-state index in [1.165, 1.54) is 0 Å². The van der Waals surface area contributed by atoms with Crippen molar-refractivity contribution in [2.75, 3.05) is 5.73 Å². The van der Waals surface area contributed by atoms with Crippen molar-refractivity contribution < 1.29 is 0 Å². The molecule has 0 unspecified atom stereocenters. The molecule has 2 N–H and O–H groups in total. The second kappa shape index (κ2) is 5.07. The van der Waals surface area contributed by atoms with Crippen LogP contribution < -0.4 is 5.73 Å². The Hall–Kier alpha value is -1.78. The summed E-state index contributed by atoms with van der Waals surface area (Å²) in [5.41, 5.74) is 8.15. The van der Waals surface area contributed by atoms with E-state index in [9.17, 15) is 0 Å². The fourth-order valence-electron chi connectivity index (χ4n) is 2.37. The minimum Gasteiger partial charge on any atom is -0.383 e. The van der Waals surface area contributed by atoms with Crippen LogP contribution >= 0.6 is 0 Å². The smallest absolute Gasteiger partial charge is 0.133 e. The molecule has 2 rings (SSSR count). The molecule has 2 aromatic rings. The molecular weight excluding hydrogens is 238 g/mol. The van der Waals surface area contributed by atoms with Crippen molar-refractivity contribution in [1.82, 2.24) is 19.1 Å². The maximum absolute atomic E-state index is 6.32. The third-order valence-electron chi connectivity index (χ3n) is 3.30. The molecule has 0 aliphatic rings. The van der Waals surface area contributed by atoms with Crippen molar-refractivity contribution in [2.24, 2.45) is 0 Å². The van der Waals surface area contributed by atoms with E-state index in [4.69, 9.17) is 10.7 Å². The summed E-state index contributed by atoms with van der Waals surface area (Å²) in [6.45, 7) is 11.5. The van der Waals surface area contributed by atoms with Crippen molar-refractivity contribution in [3.05, 3.63) is 18.3 Å². The van der Waals surface area contributed by atoms with E-state index >= 15 is 0 Å². The quantitative estimate of drug-likeness (QED) is 0.920. The molecule has 19 heavy (non-hydrogen) atoms. The number of nitrogens with two attached hydrogens (primary N) is 1. The predicted molar refractivity (Wildman–Crippen MR) is 78.0 cm³/mol. The Balaban J connectivity index is 2.63. The Labute approximate surface area is 114 Å². The van der Waals surface area contributed by atoms with Gasteiger partial charge in [-0.15, -0.1) is 0 Å². The zero-order valence-electron chi connectivity index (χ0n) is 12.4. The molecule has 104 valence electrons. The number of aromatic nitrogens is 4. The first-order chi connectivity index (χ1) is 8.97. The van der Waals surface area contributed by atoms with Crippen LogP contribution in [0, 0.1) is 0 Å². The molecule has 0 amide bonds. The van der Waals surface area contributed by atoms with Crippen LogP contribution in [0.15, 0.2) is 12.5 Å². The van der Waals surface area contributed by atoms with Gasteiger partial charge in [-0.3, -0.25) is 0 Å². The molecule has 0 spiro atoms. The summed E-state index contributed by atoms with van der Waals surface area (Å²) in [4.78, 5) is 8.96. The molecule has 5 heteroatoms. The minimum atomic E-state index is 0.302. The lowest BCUT2D eigenvalue weighted by Crippen LogP contribution is -2.10. The highest BCUT2D eigenvalue weighted by molar-refractivity contribution is 5.68. The second-order valence-electron chi connectivity index (χ2n) is 5.39. The first-order valence-electron chi connectivity index (χ1n) is 6.85. The summed E-state index contributed by atoms with van der Waals surface area (Å²) in [7, 11) is 0. The summed E-state index contributed by atoms with van der Waals surface area (Å²) >= 11 is 0. The lowest BCUT2D eigenvalue weighted by Gasteiger charge is -2.15. The average Bonchev–Trinajstić information content (AvgIpc) is 2.91. The van der Waals surface area contributed by atoms with Gasteiger partial charge in [0.25, 0.3) is 0 Å². The van der Waals surface area contributed by atoms with Crippen LogP contribution in [0.3, 0.4) is 0 Å². The van der Waals surface area contributed by atoms with Crippen molar-refractivity contribution in [3.8, 4) is 11.4 Å². The van der Waals surface area contributed by atoms with Crippen LogP contribution in [0.4, 0.5) is 5.82 Å². The highest BCUT2D eigenvalue weighted by atomic mass is 15.2. The molecule has 0 aliphatic heterocycles. The highest BCUT2D eigenvalue weighted by Crippen LogP contribution is 2.31. The number of anilines is 1. The van der Waals surface area contributed by atoms with Crippen LogP contribution in [0.25, 0.3) is 11.4 Å². The number of hydrogen-bond donors (Lipinski definition) is 1. The molecule has 0 aliphatic carbocycles. The van der Waals surface area contributed by atoms with Crippen molar-refractivity contribution in [1.29, 1.82) is 0 Å². The summed E-state index contributed by atoms with van der Waals surface area (Å²) in [6.07, 6.45) is 3.65. The van der Waals surface area contributed by atoms with Gasteiger partial charge >= 0.3 is 0 Å². The molecular formula is C14H23N5. The first kappa shape index (κ1) is 13.6. The van der Waals surface area contributed by atoms with E-state index in [1.54, 1.807) is 0 Å². The Morgan fingerprint density at radius 2 is 1.95 bits per heavy atom. The summed E-state index contributed by atoms with van der Waals surface area (Å²) in [5.74, 6) is 2.11. The van der Waals surface area contributed by atoms with E-state index in [0.717, 1.165) is 29.6 Å². The normalized spacial score (nSPS) is 11.7. The first-order valence-corrected chi connectivity index (χ1v) is 6.85. The highest BCUT2D eigenvalue weighted by Gasteiger charge is 2.21. The molecule has 0 aromatic carbocycles. The SMILES string of the molecule is CCn1cncc1-c1nc(C(C)C)n(C(C)C)c1N. The standard InChI is InChI=1S/C14H23N5/c1-6-18-8-16-7-11(18)12-13(15)19(10(4)5)14(17-12)9(2)3/h7-10H,6,15H2,1-5H3. The number of imidazole rings is 2. The van der Waals surface area contributed by atoms with Crippen LogP contribution in [0.5, 0.6) is 0 Å². The molecule has 0 bridgehead atoms. The molecule has 0 saturated carbocycles. The molecule has 0 atom stereocenters. The Kier molecular flexibility index (Phi) is 3.64. The van der Waals surface area contributed by atoms with Gasteiger partial charge in [-0.05, 0) is 20.8 Å². The van der Waals surface area contributed by atoms with Gasteiger partial charge < -0.3 is 14.9 Å². The number of aryl methyl sites for hydroxylation is 1.